The van der Waals surface area contributed by atoms with Gasteiger partial charge in [0.1, 0.15) is 5.84 Å². The third-order valence-corrected chi connectivity index (χ3v) is 2.41. The third kappa shape index (κ3) is 3.64. The Labute approximate surface area is 74.9 Å². The fourth-order valence-corrected chi connectivity index (χ4v) is 1.41. The second kappa shape index (κ2) is 4.47. The number of nitrogens with one attached hydrogen (secondary N) is 2. The summed E-state index contributed by atoms with van der Waals surface area (Å²) in [7, 11) is -4.66. The summed E-state index contributed by atoms with van der Waals surface area (Å²) in [6.07, 6.45) is 0.154. The average molecular weight is 215 g/mol. The lowest BCUT2D eigenvalue weighted by Crippen LogP contribution is -2.45. The van der Waals surface area contributed by atoms with Gasteiger partial charge in [0.2, 0.25) is 0 Å². The Morgan fingerprint density at radius 1 is 1.62 bits per heavy atom. The molecule has 0 aliphatic heterocycles. The largest absolute Gasteiger partial charge is 0.386 e. The molecule has 1 unspecified atom stereocenters. The van der Waals surface area contributed by atoms with Crippen molar-refractivity contribution >= 4 is 15.9 Å². The predicted octanol–water partition coefficient (Wildman–Crippen LogP) is -0.157. The molecule has 0 saturated heterocycles. The van der Waals surface area contributed by atoms with E-state index in [0.29, 0.717) is 0 Å². The minimum atomic E-state index is -4.66. The molecule has 0 amide bonds. The Bertz CT molecular complexity index is 278. The summed E-state index contributed by atoms with van der Waals surface area (Å²) >= 11 is 0. The van der Waals surface area contributed by atoms with E-state index in [1.807, 2.05) is 0 Å². The van der Waals surface area contributed by atoms with Crippen LogP contribution < -0.4 is 10.5 Å². The first kappa shape index (κ1) is 12.2. The van der Waals surface area contributed by atoms with E-state index in [1.54, 1.807) is 4.72 Å². The van der Waals surface area contributed by atoms with E-state index in [4.69, 9.17) is 11.1 Å². The number of rotatable bonds is 5. The van der Waals surface area contributed by atoms with Crippen molar-refractivity contribution in [3.05, 3.63) is 0 Å². The van der Waals surface area contributed by atoms with Crippen LogP contribution in [-0.4, -0.2) is 26.1 Å². The van der Waals surface area contributed by atoms with Gasteiger partial charge in [-0.3, -0.25) is 5.41 Å². The molecule has 0 aromatic carbocycles. The topological polar surface area (TPSA) is 96.0 Å². The molecule has 8 heteroatoms. The van der Waals surface area contributed by atoms with Crippen LogP contribution in [0, 0.1) is 5.41 Å². The van der Waals surface area contributed by atoms with E-state index in [9.17, 15) is 17.2 Å². The van der Waals surface area contributed by atoms with Crippen molar-refractivity contribution in [3.63, 3.8) is 0 Å². The Balaban J connectivity index is 4.50. The Hall–Kier alpha value is -0.760. The highest BCUT2D eigenvalue weighted by Gasteiger charge is 2.27. The smallest absolute Gasteiger partial charge is 0.350 e. The fraction of sp³-hybridized carbons (Fsp3) is 0.800. The zero-order valence-electron chi connectivity index (χ0n) is 6.92. The zero-order valence-corrected chi connectivity index (χ0v) is 7.74. The van der Waals surface area contributed by atoms with Gasteiger partial charge in [-0.2, -0.15) is 13.5 Å². The maximum atomic E-state index is 11.8. The van der Waals surface area contributed by atoms with Gasteiger partial charge in [0.05, 0.1) is 6.04 Å². The van der Waals surface area contributed by atoms with Gasteiger partial charge < -0.3 is 5.73 Å². The van der Waals surface area contributed by atoms with E-state index in [1.165, 1.54) is 6.92 Å². The van der Waals surface area contributed by atoms with Gasteiger partial charge in [-0.05, 0) is 6.42 Å². The molecule has 0 fully saturated rings. The van der Waals surface area contributed by atoms with Crippen molar-refractivity contribution in [2.24, 2.45) is 5.73 Å². The van der Waals surface area contributed by atoms with Crippen molar-refractivity contribution in [3.8, 4) is 0 Å². The molecule has 13 heavy (non-hydrogen) atoms. The van der Waals surface area contributed by atoms with Crippen LogP contribution in [0.5, 0.6) is 0 Å². The minimum Gasteiger partial charge on any atom is -0.386 e. The van der Waals surface area contributed by atoms with Crippen LogP contribution in [0.2, 0.25) is 0 Å². The summed E-state index contributed by atoms with van der Waals surface area (Å²) in [5.74, 6) is -3.98. The van der Waals surface area contributed by atoms with Crippen LogP contribution in [0.4, 0.5) is 8.78 Å². The van der Waals surface area contributed by atoms with Crippen molar-refractivity contribution in [1.29, 1.82) is 5.41 Å². The fourth-order valence-electron chi connectivity index (χ4n) is 0.616. The van der Waals surface area contributed by atoms with Gasteiger partial charge in [0, 0.05) is 0 Å². The molecule has 78 valence electrons. The van der Waals surface area contributed by atoms with Gasteiger partial charge in [0.25, 0.3) is 10.0 Å². The summed E-state index contributed by atoms with van der Waals surface area (Å²) in [5.41, 5.74) is 4.97. The van der Waals surface area contributed by atoms with Crippen molar-refractivity contribution in [2.45, 2.75) is 25.1 Å². The second-order valence-corrected chi connectivity index (χ2v) is 4.02. The summed E-state index contributed by atoms with van der Waals surface area (Å²) < 4.78 is 46.4. The Morgan fingerprint density at radius 2 is 2.08 bits per heavy atom. The molecule has 0 radical (unpaired) electrons. The molecule has 0 aromatic heterocycles. The normalized spacial score (nSPS) is 14.5. The van der Waals surface area contributed by atoms with Crippen molar-refractivity contribution in [1.82, 2.24) is 4.72 Å². The third-order valence-electron chi connectivity index (χ3n) is 1.32. The van der Waals surface area contributed by atoms with Crippen molar-refractivity contribution < 1.29 is 17.2 Å². The van der Waals surface area contributed by atoms with Gasteiger partial charge >= 0.3 is 5.76 Å². The molecule has 1 atom stereocenters. The summed E-state index contributed by atoms with van der Waals surface area (Å²) in [6, 6.07) is -1.06. The molecule has 5 nitrogen and oxygen atoms in total. The molecule has 0 bridgehead atoms. The van der Waals surface area contributed by atoms with Crippen LogP contribution in [-0.2, 0) is 10.0 Å². The molecule has 4 N–H and O–H groups in total. The molecular weight excluding hydrogens is 204 g/mol. The number of sulfonamides is 1. The van der Waals surface area contributed by atoms with E-state index >= 15 is 0 Å². The molecule has 0 heterocycles. The quantitative estimate of drug-likeness (QED) is 0.439. The van der Waals surface area contributed by atoms with Gasteiger partial charge in [-0.25, -0.2) is 8.42 Å². The van der Waals surface area contributed by atoms with E-state index in [0.717, 1.165) is 0 Å². The van der Waals surface area contributed by atoms with Crippen molar-refractivity contribution in [2.75, 3.05) is 0 Å². The lowest BCUT2D eigenvalue weighted by molar-refractivity contribution is 0.232. The average Bonchev–Trinajstić information content (AvgIpc) is 1.99. The molecule has 0 spiro atoms. The van der Waals surface area contributed by atoms with Crippen LogP contribution >= 0.6 is 0 Å². The number of alkyl halides is 2. The van der Waals surface area contributed by atoms with E-state index in [-0.39, 0.29) is 6.42 Å². The molecule has 0 saturated carbocycles. The highest BCUT2D eigenvalue weighted by Crippen LogP contribution is 2.04. The number of halogens is 2. The number of amidine groups is 1. The van der Waals surface area contributed by atoms with E-state index < -0.39 is 27.7 Å². The summed E-state index contributed by atoms with van der Waals surface area (Å²) in [6.45, 7) is 1.53. The number of nitrogens with two attached hydrogens (primary N) is 1. The second-order valence-electron chi connectivity index (χ2n) is 2.34. The Kier molecular flexibility index (Phi) is 4.21. The van der Waals surface area contributed by atoms with Crippen LogP contribution in [0.15, 0.2) is 0 Å². The number of hydrogen-bond donors (Lipinski definition) is 3. The van der Waals surface area contributed by atoms with Crippen LogP contribution in [0.3, 0.4) is 0 Å². The van der Waals surface area contributed by atoms with Crippen LogP contribution in [0.25, 0.3) is 0 Å². The molecule has 0 rings (SSSR count). The van der Waals surface area contributed by atoms with Crippen LogP contribution in [0.1, 0.15) is 13.3 Å². The molecule has 0 aliphatic rings. The SMILES string of the molecule is CCC(NS(=O)(=O)C(F)F)C(=N)N. The lowest BCUT2D eigenvalue weighted by Gasteiger charge is -2.14. The summed E-state index contributed by atoms with van der Waals surface area (Å²) in [5, 5.41) is 6.88. The highest BCUT2D eigenvalue weighted by atomic mass is 32.2. The highest BCUT2D eigenvalue weighted by molar-refractivity contribution is 7.89. The first-order valence-corrected chi connectivity index (χ1v) is 4.99. The standard InChI is InChI=1S/C5H11F2N3O2S/c1-2-3(4(8)9)10-13(11,12)5(6)7/h3,5,10H,2H2,1H3,(H3,8,9). The maximum absolute atomic E-state index is 11.8. The van der Waals surface area contributed by atoms with Gasteiger partial charge in [0.15, 0.2) is 0 Å². The van der Waals surface area contributed by atoms with Gasteiger partial charge in [-0.15, -0.1) is 0 Å². The summed E-state index contributed by atoms with van der Waals surface area (Å²) in [4.78, 5) is 0. The first-order chi connectivity index (χ1) is 5.81. The Morgan fingerprint density at radius 3 is 2.31 bits per heavy atom. The predicted molar refractivity (Wildman–Crippen MR) is 44.1 cm³/mol. The minimum absolute atomic E-state index is 0.154. The zero-order chi connectivity index (χ0) is 10.6. The number of hydrogen-bond acceptors (Lipinski definition) is 3. The molecule has 0 aromatic rings. The lowest BCUT2D eigenvalue weighted by atomic mass is 10.2. The van der Waals surface area contributed by atoms with E-state index in [2.05, 4.69) is 0 Å². The first-order valence-electron chi connectivity index (χ1n) is 3.44. The van der Waals surface area contributed by atoms with Gasteiger partial charge in [-0.1, -0.05) is 6.92 Å². The molecule has 0 aliphatic carbocycles. The monoisotopic (exact) mass is 215 g/mol. The maximum Gasteiger partial charge on any atom is 0.350 e. The molecular formula is C5H11F2N3O2S.